The zero-order valence-electron chi connectivity index (χ0n) is 12.4. The van der Waals surface area contributed by atoms with Crippen molar-refractivity contribution in [1.29, 1.82) is 0 Å². The molecule has 0 spiro atoms. The van der Waals surface area contributed by atoms with E-state index in [1.165, 1.54) is 31.2 Å². The van der Waals surface area contributed by atoms with E-state index in [0.29, 0.717) is 15.7 Å². The molecule has 0 bridgehead atoms. The van der Waals surface area contributed by atoms with Gasteiger partial charge in [0, 0.05) is 34.4 Å². The molecule has 24 heavy (non-hydrogen) atoms. The van der Waals surface area contributed by atoms with Gasteiger partial charge in [-0.3, -0.25) is 9.59 Å². The summed E-state index contributed by atoms with van der Waals surface area (Å²) in [6.45, 7) is 0.935. The van der Waals surface area contributed by atoms with Crippen molar-refractivity contribution >= 4 is 46.4 Å². The third-order valence-electron chi connectivity index (χ3n) is 3.04. The molecule has 0 saturated carbocycles. The summed E-state index contributed by atoms with van der Waals surface area (Å²) in [4.78, 5) is 25.0. The SMILES string of the molecule is CC(=O)N(CC(=O)Nc1ccc(F)c(F)c1)c1cc(Cl)cc(Cl)c1. The van der Waals surface area contributed by atoms with Gasteiger partial charge >= 0.3 is 0 Å². The molecule has 2 aromatic carbocycles. The summed E-state index contributed by atoms with van der Waals surface area (Å²) < 4.78 is 26.0. The summed E-state index contributed by atoms with van der Waals surface area (Å²) in [5.41, 5.74) is 0.423. The highest BCUT2D eigenvalue weighted by Gasteiger charge is 2.17. The van der Waals surface area contributed by atoms with Crippen LogP contribution >= 0.6 is 23.2 Å². The summed E-state index contributed by atoms with van der Waals surface area (Å²) in [7, 11) is 0. The van der Waals surface area contributed by atoms with Crippen molar-refractivity contribution in [3.8, 4) is 0 Å². The van der Waals surface area contributed by atoms with Crippen LogP contribution in [0.2, 0.25) is 10.0 Å². The molecule has 0 heterocycles. The molecule has 126 valence electrons. The van der Waals surface area contributed by atoms with Crippen molar-refractivity contribution in [2.75, 3.05) is 16.8 Å². The van der Waals surface area contributed by atoms with E-state index in [1.807, 2.05) is 0 Å². The van der Waals surface area contributed by atoms with Gasteiger partial charge in [0.1, 0.15) is 6.54 Å². The number of carbonyl (C=O) groups is 2. The first-order chi connectivity index (χ1) is 11.3. The zero-order chi connectivity index (χ0) is 17.9. The highest BCUT2D eigenvalue weighted by Crippen LogP contribution is 2.25. The van der Waals surface area contributed by atoms with Crippen molar-refractivity contribution in [3.63, 3.8) is 0 Å². The topological polar surface area (TPSA) is 49.4 Å². The summed E-state index contributed by atoms with van der Waals surface area (Å²) in [5.74, 6) is -3.11. The van der Waals surface area contributed by atoms with Gasteiger partial charge in [0.25, 0.3) is 0 Å². The first-order valence-electron chi connectivity index (χ1n) is 6.75. The Morgan fingerprint density at radius 3 is 2.21 bits per heavy atom. The molecule has 0 radical (unpaired) electrons. The minimum Gasteiger partial charge on any atom is -0.324 e. The van der Waals surface area contributed by atoms with Crippen LogP contribution in [0.4, 0.5) is 20.2 Å². The van der Waals surface area contributed by atoms with Crippen molar-refractivity contribution < 1.29 is 18.4 Å². The fourth-order valence-corrected chi connectivity index (χ4v) is 2.51. The van der Waals surface area contributed by atoms with Gasteiger partial charge in [0.15, 0.2) is 11.6 Å². The number of hydrogen-bond donors (Lipinski definition) is 1. The van der Waals surface area contributed by atoms with Gasteiger partial charge in [0.2, 0.25) is 11.8 Å². The Labute approximate surface area is 147 Å². The normalized spacial score (nSPS) is 10.4. The average Bonchev–Trinajstić information content (AvgIpc) is 2.47. The monoisotopic (exact) mass is 372 g/mol. The van der Waals surface area contributed by atoms with Crippen molar-refractivity contribution in [2.24, 2.45) is 0 Å². The number of benzene rings is 2. The molecule has 0 saturated heterocycles. The molecular formula is C16H12Cl2F2N2O2. The van der Waals surface area contributed by atoms with E-state index >= 15 is 0 Å². The van der Waals surface area contributed by atoms with Gasteiger partial charge < -0.3 is 10.2 Å². The van der Waals surface area contributed by atoms with Crippen LogP contribution in [0.5, 0.6) is 0 Å². The molecule has 0 atom stereocenters. The van der Waals surface area contributed by atoms with Crippen LogP contribution in [-0.4, -0.2) is 18.4 Å². The molecular weight excluding hydrogens is 361 g/mol. The largest absolute Gasteiger partial charge is 0.324 e. The minimum absolute atomic E-state index is 0.0755. The van der Waals surface area contributed by atoms with Gasteiger partial charge in [0.05, 0.1) is 0 Å². The number of rotatable bonds is 4. The highest BCUT2D eigenvalue weighted by molar-refractivity contribution is 6.35. The molecule has 0 fully saturated rings. The van der Waals surface area contributed by atoms with E-state index in [-0.39, 0.29) is 12.2 Å². The Hall–Kier alpha value is -2.18. The standard InChI is InChI=1S/C16H12Cl2F2N2O2/c1-9(23)22(13-5-10(17)4-11(18)6-13)8-16(24)21-12-2-3-14(19)15(20)7-12/h2-7H,8H2,1H3,(H,21,24). The van der Waals surface area contributed by atoms with Gasteiger partial charge in [-0.05, 0) is 30.3 Å². The summed E-state index contributed by atoms with van der Waals surface area (Å²) in [5, 5.41) is 3.01. The fourth-order valence-electron chi connectivity index (χ4n) is 2.00. The summed E-state index contributed by atoms with van der Waals surface area (Å²) in [6.07, 6.45) is 0. The molecule has 2 amide bonds. The smallest absolute Gasteiger partial charge is 0.244 e. The molecule has 2 aromatic rings. The van der Waals surface area contributed by atoms with Crippen LogP contribution < -0.4 is 10.2 Å². The maximum Gasteiger partial charge on any atom is 0.244 e. The number of nitrogens with zero attached hydrogens (tertiary/aromatic N) is 1. The number of carbonyl (C=O) groups excluding carboxylic acids is 2. The van der Waals surface area contributed by atoms with E-state index in [9.17, 15) is 18.4 Å². The van der Waals surface area contributed by atoms with Crippen LogP contribution in [0, 0.1) is 11.6 Å². The minimum atomic E-state index is -1.09. The van der Waals surface area contributed by atoms with E-state index < -0.39 is 23.4 Å². The Kier molecular flexibility index (Phi) is 5.75. The average molecular weight is 373 g/mol. The Bertz CT molecular complexity index is 779. The summed E-state index contributed by atoms with van der Waals surface area (Å²) >= 11 is 11.8. The lowest BCUT2D eigenvalue weighted by Crippen LogP contribution is -2.36. The number of halogens is 4. The third-order valence-corrected chi connectivity index (χ3v) is 3.48. The quantitative estimate of drug-likeness (QED) is 0.871. The van der Waals surface area contributed by atoms with Crippen molar-refractivity contribution in [3.05, 3.63) is 58.1 Å². The molecule has 0 aliphatic rings. The molecule has 8 heteroatoms. The van der Waals surface area contributed by atoms with Crippen molar-refractivity contribution in [2.45, 2.75) is 6.92 Å². The predicted molar refractivity (Wildman–Crippen MR) is 89.5 cm³/mol. The second-order valence-corrected chi connectivity index (χ2v) is 5.78. The van der Waals surface area contributed by atoms with E-state index in [1.54, 1.807) is 0 Å². The molecule has 0 aromatic heterocycles. The maximum absolute atomic E-state index is 13.2. The lowest BCUT2D eigenvalue weighted by molar-refractivity contribution is -0.120. The maximum atomic E-state index is 13.2. The van der Waals surface area contributed by atoms with Gasteiger partial charge in [-0.1, -0.05) is 23.2 Å². The Balaban J connectivity index is 2.16. The second-order valence-electron chi connectivity index (χ2n) is 4.91. The van der Waals surface area contributed by atoms with E-state index in [0.717, 1.165) is 17.0 Å². The lowest BCUT2D eigenvalue weighted by atomic mass is 10.2. The molecule has 1 N–H and O–H groups in total. The first-order valence-corrected chi connectivity index (χ1v) is 7.51. The first kappa shape index (κ1) is 18.2. The Morgan fingerprint density at radius 1 is 1.04 bits per heavy atom. The van der Waals surface area contributed by atoms with Crippen LogP contribution in [0.25, 0.3) is 0 Å². The van der Waals surface area contributed by atoms with Gasteiger partial charge in [-0.2, -0.15) is 0 Å². The predicted octanol–water partition coefficient (Wildman–Crippen LogP) is 4.26. The van der Waals surface area contributed by atoms with Crippen molar-refractivity contribution in [1.82, 2.24) is 0 Å². The third kappa shape index (κ3) is 4.66. The lowest BCUT2D eigenvalue weighted by Gasteiger charge is -2.21. The fraction of sp³-hybridized carbons (Fsp3) is 0.125. The van der Waals surface area contributed by atoms with Crippen LogP contribution in [0.3, 0.4) is 0 Å². The zero-order valence-corrected chi connectivity index (χ0v) is 14.0. The number of nitrogens with one attached hydrogen (secondary N) is 1. The molecule has 0 aliphatic heterocycles. The van der Waals surface area contributed by atoms with Gasteiger partial charge in [-0.25, -0.2) is 8.78 Å². The molecule has 4 nitrogen and oxygen atoms in total. The molecule has 2 rings (SSSR count). The number of amides is 2. The van der Waals surface area contributed by atoms with Crippen LogP contribution in [0.1, 0.15) is 6.92 Å². The molecule has 0 aliphatic carbocycles. The highest BCUT2D eigenvalue weighted by atomic mass is 35.5. The second kappa shape index (κ2) is 7.59. The Morgan fingerprint density at radius 2 is 1.67 bits per heavy atom. The number of hydrogen-bond acceptors (Lipinski definition) is 2. The van der Waals surface area contributed by atoms with Crippen LogP contribution in [-0.2, 0) is 9.59 Å². The molecule has 0 unspecified atom stereocenters. The van der Waals surface area contributed by atoms with Crippen LogP contribution in [0.15, 0.2) is 36.4 Å². The van der Waals surface area contributed by atoms with E-state index in [2.05, 4.69) is 5.32 Å². The summed E-state index contributed by atoms with van der Waals surface area (Å²) in [6, 6.07) is 7.42. The number of anilines is 2. The van der Waals surface area contributed by atoms with E-state index in [4.69, 9.17) is 23.2 Å². The van der Waals surface area contributed by atoms with Gasteiger partial charge in [-0.15, -0.1) is 0 Å².